The van der Waals surface area contributed by atoms with Crippen molar-refractivity contribution in [1.82, 2.24) is 0 Å². The molecule has 1 aromatic carbocycles. The van der Waals surface area contributed by atoms with Gasteiger partial charge in [0, 0.05) is 18.8 Å². The number of ether oxygens (including phenoxy) is 1. The Balaban J connectivity index is 2.24. The van der Waals surface area contributed by atoms with Crippen LogP contribution in [0.1, 0.15) is 5.56 Å². The van der Waals surface area contributed by atoms with Crippen molar-refractivity contribution < 1.29 is 9.13 Å². The molecule has 0 amide bonds. The molecule has 4 heteroatoms. The summed E-state index contributed by atoms with van der Waals surface area (Å²) in [4.78, 5) is 2.16. The lowest BCUT2D eigenvalue weighted by Crippen LogP contribution is -2.37. The van der Waals surface area contributed by atoms with Crippen molar-refractivity contribution in [1.29, 1.82) is 0 Å². The van der Waals surface area contributed by atoms with Crippen molar-refractivity contribution in [2.75, 3.05) is 37.7 Å². The normalized spacial score (nSPS) is 16.5. The summed E-state index contributed by atoms with van der Waals surface area (Å²) < 4.78 is 18.5. The lowest BCUT2D eigenvalue weighted by atomic mass is 10.1. The first-order valence-corrected chi connectivity index (χ1v) is 5.62. The van der Waals surface area contributed by atoms with E-state index in [1.807, 2.05) is 6.07 Å². The monoisotopic (exact) mass is 224 g/mol. The third-order valence-corrected chi connectivity index (χ3v) is 2.81. The van der Waals surface area contributed by atoms with E-state index in [-0.39, 0.29) is 5.82 Å². The zero-order valence-electron chi connectivity index (χ0n) is 9.29. The summed E-state index contributed by atoms with van der Waals surface area (Å²) in [5.74, 6) is -0.192. The highest BCUT2D eigenvalue weighted by atomic mass is 19.1. The molecule has 2 rings (SSSR count). The molecule has 2 N–H and O–H groups in total. The summed E-state index contributed by atoms with van der Waals surface area (Å²) in [7, 11) is 0. The van der Waals surface area contributed by atoms with E-state index in [1.54, 1.807) is 6.07 Å². The van der Waals surface area contributed by atoms with E-state index in [0.717, 1.165) is 30.8 Å². The molecule has 0 bridgehead atoms. The smallest absolute Gasteiger partial charge is 0.125 e. The highest BCUT2D eigenvalue weighted by Crippen LogP contribution is 2.23. The molecule has 1 fully saturated rings. The van der Waals surface area contributed by atoms with Crippen LogP contribution in [-0.2, 0) is 11.2 Å². The number of benzene rings is 1. The maximum absolute atomic E-state index is 13.3. The van der Waals surface area contributed by atoms with Crippen molar-refractivity contribution >= 4 is 5.69 Å². The van der Waals surface area contributed by atoms with Gasteiger partial charge in [0.1, 0.15) is 5.82 Å². The quantitative estimate of drug-likeness (QED) is 0.837. The number of halogens is 1. The van der Waals surface area contributed by atoms with E-state index in [9.17, 15) is 4.39 Å². The second kappa shape index (κ2) is 5.27. The Kier molecular flexibility index (Phi) is 3.74. The van der Waals surface area contributed by atoms with Crippen LogP contribution in [-0.4, -0.2) is 32.8 Å². The van der Waals surface area contributed by atoms with Crippen LogP contribution in [0.25, 0.3) is 0 Å². The second-order valence-corrected chi connectivity index (χ2v) is 3.91. The molecule has 0 radical (unpaired) electrons. The highest BCUT2D eigenvalue weighted by Gasteiger charge is 2.15. The van der Waals surface area contributed by atoms with Gasteiger partial charge < -0.3 is 15.4 Å². The molecule has 1 aliphatic rings. The third-order valence-electron chi connectivity index (χ3n) is 2.81. The lowest BCUT2D eigenvalue weighted by molar-refractivity contribution is 0.122. The Morgan fingerprint density at radius 2 is 2.06 bits per heavy atom. The van der Waals surface area contributed by atoms with Crippen molar-refractivity contribution in [3.05, 3.63) is 29.6 Å². The summed E-state index contributed by atoms with van der Waals surface area (Å²) in [5, 5.41) is 0. The summed E-state index contributed by atoms with van der Waals surface area (Å²) >= 11 is 0. The van der Waals surface area contributed by atoms with Crippen molar-refractivity contribution in [2.45, 2.75) is 6.42 Å². The number of hydrogen-bond acceptors (Lipinski definition) is 3. The Morgan fingerprint density at radius 1 is 1.31 bits per heavy atom. The zero-order chi connectivity index (χ0) is 11.4. The lowest BCUT2D eigenvalue weighted by Gasteiger charge is -2.30. The predicted molar refractivity (Wildman–Crippen MR) is 62.2 cm³/mol. The van der Waals surface area contributed by atoms with Crippen LogP contribution in [0.5, 0.6) is 0 Å². The molecule has 0 atom stereocenters. The first-order chi connectivity index (χ1) is 7.81. The van der Waals surface area contributed by atoms with Gasteiger partial charge >= 0.3 is 0 Å². The molecular weight excluding hydrogens is 207 g/mol. The van der Waals surface area contributed by atoms with Crippen LogP contribution in [0, 0.1) is 5.82 Å². The molecule has 1 heterocycles. The molecule has 0 unspecified atom stereocenters. The minimum atomic E-state index is -0.192. The van der Waals surface area contributed by atoms with Gasteiger partial charge in [-0.05, 0) is 30.7 Å². The number of nitrogens with zero attached hydrogens (tertiary/aromatic N) is 1. The van der Waals surface area contributed by atoms with Gasteiger partial charge in [-0.1, -0.05) is 6.07 Å². The fraction of sp³-hybridized carbons (Fsp3) is 0.500. The third kappa shape index (κ3) is 2.51. The van der Waals surface area contributed by atoms with Crippen LogP contribution >= 0.6 is 0 Å². The van der Waals surface area contributed by atoms with Crippen molar-refractivity contribution in [3.63, 3.8) is 0 Å². The molecule has 1 aliphatic heterocycles. The number of anilines is 1. The zero-order valence-corrected chi connectivity index (χ0v) is 9.29. The first-order valence-electron chi connectivity index (χ1n) is 5.62. The Labute approximate surface area is 95.0 Å². The average molecular weight is 224 g/mol. The number of hydrogen-bond donors (Lipinski definition) is 1. The van der Waals surface area contributed by atoms with Gasteiger partial charge in [0.2, 0.25) is 0 Å². The average Bonchev–Trinajstić information content (AvgIpc) is 2.33. The van der Waals surface area contributed by atoms with Crippen LogP contribution in [0.4, 0.5) is 10.1 Å². The van der Waals surface area contributed by atoms with E-state index < -0.39 is 0 Å². The Hall–Kier alpha value is -1.13. The maximum Gasteiger partial charge on any atom is 0.125 e. The molecule has 1 saturated heterocycles. The molecule has 3 nitrogen and oxygen atoms in total. The summed E-state index contributed by atoms with van der Waals surface area (Å²) in [5.41, 5.74) is 7.64. The summed E-state index contributed by atoms with van der Waals surface area (Å²) in [6.45, 7) is 3.64. The van der Waals surface area contributed by atoms with Gasteiger partial charge in [-0.2, -0.15) is 0 Å². The number of nitrogens with two attached hydrogens (primary N) is 1. The van der Waals surface area contributed by atoms with Crippen LogP contribution in [0.15, 0.2) is 18.2 Å². The topological polar surface area (TPSA) is 38.5 Å². The molecule has 0 aliphatic carbocycles. The Bertz CT molecular complexity index is 351. The van der Waals surface area contributed by atoms with Crippen molar-refractivity contribution in [3.8, 4) is 0 Å². The molecule has 0 saturated carbocycles. The van der Waals surface area contributed by atoms with Gasteiger partial charge in [0.25, 0.3) is 0 Å². The minimum absolute atomic E-state index is 0.192. The minimum Gasteiger partial charge on any atom is -0.378 e. The van der Waals surface area contributed by atoms with E-state index in [0.29, 0.717) is 19.8 Å². The van der Waals surface area contributed by atoms with Crippen LogP contribution in [0.2, 0.25) is 0 Å². The van der Waals surface area contributed by atoms with Gasteiger partial charge in [-0.15, -0.1) is 0 Å². The largest absolute Gasteiger partial charge is 0.378 e. The predicted octanol–water partition coefficient (Wildman–Crippen LogP) is 1.16. The number of morpholine rings is 1. The molecule has 88 valence electrons. The van der Waals surface area contributed by atoms with E-state index in [4.69, 9.17) is 10.5 Å². The van der Waals surface area contributed by atoms with E-state index in [2.05, 4.69) is 4.90 Å². The van der Waals surface area contributed by atoms with Crippen LogP contribution in [0.3, 0.4) is 0 Å². The van der Waals surface area contributed by atoms with E-state index >= 15 is 0 Å². The summed E-state index contributed by atoms with van der Waals surface area (Å²) in [6, 6.07) is 4.91. The summed E-state index contributed by atoms with van der Waals surface area (Å²) in [6.07, 6.45) is 0.785. The molecule has 1 aromatic rings. The first kappa shape index (κ1) is 11.4. The van der Waals surface area contributed by atoms with Crippen molar-refractivity contribution in [2.24, 2.45) is 5.73 Å². The second-order valence-electron chi connectivity index (χ2n) is 3.91. The standard InChI is InChI=1S/C12H17FN2O/c13-11-2-1-10(3-4-14)12(9-11)15-5-7-16-8-6-15/h1-2,9H,3-8,14H2. The Morgan fingerprint density at radius 3 is 2.75 bits per heavy atom. The molecular formula is C12H17FN2O. The van der Waals surface area contributed by atoms with Gasteiger partial charge in [-0.25, -0.2) is 4.39 Å². The molecule has 16 heavy (non-hydrogen) atoms. The molecule has 0 aromatic heterocycles. The fourth-order valence-corrected chi connectivity index (χ4v) is 2.00. The van der Waals surface area contributed by atoms with Gasteiger partial charge in [-0.3, -0.25) is 0 Å². The van der Waals surface area contributed by atoms with E-state index in [1.165, 1.54) is 6.07 Å². The fourth-order valence-electron chi connectivity index (χ4n) is 2.00. The SMILES string of the molecule is NCCc1ccc(F)cc1N1CCOCC1. The van der Waals surface area contributed by atoms with Gasteiger partial charge in [0.05, 0.1) is 13.2 Å². The maximum atomic E-state index is 13.3. The number of rotatable bonds is 3. The van der Waals surface area contributed by atoms with Crippen LogP contribution < -0.4 is 10.6 Å². The highest BCUT2D eigenvalue weighted by molar-refractivity contribution is 5.54. The molecule has 0 spiro atoms. The van der Waals surface area contributed by atoms with Gasteiger partial charge in [0.15, 0.2) is 0 Å².